The molecule has 1 amide bonds. The summed E-state index contributed by atoms with van der Waals surface area (Å²) in [6, 6.07) is 10.6. The molecule has 34 heavy (non-hydrogen) atoms. The van der Waals surface area contributed by atoms with Crippen molar-refractivity contribution in [3.05, 3.63) is 58.6 Å². The Morgan fingerprint density at radius 2 is 1.97 bits per heavy atom. The maximum Gasteiger partial charge on any atom is 0.279 e. The molecule has 1 saturated heterocycles. The summed E-state index contributed by atoms with van der Waals surface area (Å²) in [4.78, 5) is 17.7. The van der Waals surface area contributed by atoms with Crippen molar-refractivity contribution in [3.8, 4) is 0 Å². The number of fused-ring (bicyclic) bond motifs is 1. The Morgan fingerprint density at radius 3 is 2.68 bits per heavy atom. The number of sulfonamides is 1. The molecule has 2 heterocycles. The third-order valence-electron chi connectivity index (χ3n) is 5.96. The number of hydrogen-bond acceptors (Lipinski definition) is 5. The van der Waals surface area contributed by atoms with E-state index in [-0.39, 0.29) is 22.3 Å². The average Bonchev–Trinajstić information content (AvgIpc) is 3.17. The monoisotopic (exact) mass is 505 g/mol. The third kappa shape index (κ3) is 5.00. The number of piperidine rings is 1. The zero-order chi connectivity index (χ0) is 24.3. The maximum absolute atomic E-state index is 14.5. The van der Waals surface area contributed by atoms with Gasteiger partial charge >= 0.3 is 0 Å². The van der Waals surface area contributed by atoms with Crippen LogP contribution in [-0.2, 0) is 21.3 Å². The summed E-state index contributed by atoms with van der Waals surface area (Å²) in [6.45, 7) is 5.54. The lowest BCUT2D eigenvalue weighted by Gasteiger charge is -2.32. The molecule has 4 rings (SSSR count). The first kappa shape index (κ1) is 24.7. The van der Waals surface area contributed by atoms with Crippen molar-refractivity contribution < 1.29 is 22.3 Å². The molecular formula is C24H28FN3O4S2. The van der Waals surface area contributed by atoms with Crippen LogP contribution in [0.5, 0.6) is 0 Å². The van der Waals surface area contributed by atoms with E-state index in [9.17, 15) is 17.6 Å². The van der Waals surface area contributed by atoms with E-state index in [0.29, 0.717) is 41.3 Å². The molecule has 7 nitrogen and oxygen atoms in total. The molecule has 0 radical (unpaired) electrons. The lowest BCUT2D eigenvalue weighted by atomic mass is 10.1. The zero-order valence-corrected chi connectivity index (χ0v) is 20.9. The van der Waals surface area contributed by atoms with Gasteiger partial charge in [-0.15, -0.1) is 0 Å². The van der Waals surface area contributed by atoms with Crippen LogP contribution in [-0.4, -0.2) is 49.0 Å². The summed E-state index contributed by atoms with van der Waals surface area (Å²) in [7, 11) is -3.62. The van der Waals surface area contributed by atoms with Gasteiger partial charge < -0.3 is 9.30 Å². The summed E-state index contributed by atoms with van der Waals surface area (Å²) in [5, 5.41) is 0. The van der Waals surface area contributed by atoms with Crippen molar-refractivity contribution in [1.29, 1.82) is 0 Å². The van der Waals surface area contributed by atoms with Gasteiger partial charge in [-0.1, -0.05) is 23.8 Å². The number of aromatic nitrogens is 1. The van der Waals surface area contributed by atoms with Crippen LogP contribution in [0.4, 0.5) is 4.39 Å². The van der Waals surface area contributed by atoms with E-state index in [0.717, 1.165) is 19.3 Å². The molecule has 1 aliphatic rings. The second-order valence-electron chi connectivity index (χ2n) is 8.22. The average molecular weight is 506 g/mol. The van der Waals surface area contributed by atoms with Crippen LogP contribution in [0.25, 0.3) is 10.2 Å². The van der Waals surface area contributed by atoms with Crippen LogP contribution in [0.3, 0.4) is 0 Å². The highest BCUT2D eigenvalue weighted by atomic mass is 32.2. The van der Waals surface area contributed by atoms with Gasteiger partial charge in [-0.2, -0.15) is 9.30 Å². The molecule has 0 bridgehead atoms. The quantitative estimate of drug-likeness (QED) is 0.451. The van der Waals surface area contributed by atoms with E-state index in [1.807, 2.05) is 13.8 Å². The van der Waals surface area contributed by atoms with Crippen LogP contribution < -0.4 is 4.80 Å². The third-order valence-corrected chi connectivity index (χ3v) is 9.03. The predicted octanol–water partition coefficient (Wildman–Crippen LogP) is 4.18. The minimum absolute atomic E-state index is 0.0458. The van der Waals surface area contributed by atoms with Crippen LogP contribution >= 0.6 is 11.3 Å². The molecule has 1 aliphatic heterocycles. The fourth-order valence-electron chi connectivity index (χ4n) is 4.16. The topological polar surface area (TPSA) is 81.0 Å². The Bertz CT molecular complexity index is 1350. The Hall–Kier alpha value is -2.40. The van der Waals surface area contributed by atoms with Gasteiger partial charge in [-0.25, -0.2) is 12.8 Å². The summed E-state index contributed by atoms with van der Waals surface area (Å²) in [6.07, 6.45) is 2.71. The molecular weight excluding hydrogens is 477 g/mol. The highest BCUT2D eigenvalue weighted by Crippen LogP contribution is 2.25. The number of hydrogen-bond donors (Lipinski definition) is 0. The number of nitrogens with zero attached hydrogens (tertiary/aromatic N) is 3. The molecule has 2 aromatic carbocycles. The SMILES string of the molecule is CCOCCn1c(=NC(=O)c2ccc(S(=O)(=O)N3CCCCC3C)cc2)sc2cccc(F)c21. The fraction of sp³-hybridized carbons (Fsp3) is 0.417. The smallest absolute Gasteiger partial charge is 0.279 e. The summed E-state index contributed by atoms with van der Waals surface area (Å²) in [5.74, 6) is -0.909. The Balaban J connectivity index is 1.64. The molecule has 1 atom stereocenters. The van der Waals surface area contributed by atoms with E-state index < -0.39 is 15.9 Å². The minimum Gasteiger partial charge on any atom is -0.380 e. The largest absolute Gasteiger partial charge is 0.380 e. The van der Waals surface area contributed by atoms with Crippen molar-refractivity contribution in [3.63, 3.8) is 0 Å². The minimum atomic E-state index is -3.62. The highest BCUT2D eigenvalue weighted by molar-refractivity contribution is 7.89. The van der Waals surface area contributed by atoms with E-state index in [4.69, 9.17) is 4.74 Å². The number of benzene rings is 2. The van der Waals surface area contributed by atoms with Crippen molar-refractivity contribution >= 4 is 37.5 Å². The number of ether oxygens (including phenoxy) is 1. The first-order valence-electron chi connectivity index (χ1n) is 11.4. The Kier molecular flexibility index (Phi) is 7.61. The van der Waals surface area contributed by atoms with Gasteiger partial charge in [-0.05, 0) is 63.1 Å². The first-order chi connectivity index (χ1) is 16.3. The molecule has 0 saturated carbocycles. The number of para-hydroxylation sites is 1. The van der Waals surface area contributed by atoms with Gasteiger partial charge in [-0.3, -0.25) is 4.79 Å². The number of amides is 1. The van der Waals surface area contributed by atoms with E-state index in [2.05, 4.69) is 4.99 Å². The molecule has 0 aliphatic carbocycles. The van der Waals surface area contributed by atoms with Crippen molar-refractivity contribution in [2.45, 2.75) is 50.6 Å². The number of thiazole rings is 1. The van der Waals surface area contributed by atoms with Gasteiger partial charge in [0, 0.05) is 31.3 Å². The zero-order valence-electron chi connectivity index (χ0n) is 19.2. The molecule has 10 heteroatoms. The standard InChI is InChI=1S/C24H28FN3O4S2/c1-3-32-16-15-27-22-20(25)8-6-9-21(22)33-24(27)26-23(29)18-10-12-19(13-11-18)34(30,31)28-14-5-4-7-17(28)2/h6,8-13,17H,3-5,7,14-16H2,1-2H3. The highest BCUT2D eigenvalue weighted by Gasteiger charge is 2.30. The number of rotatable bonds is 7. The molecule has 3 aromatic rings. The maximum atomic E-state index is 14.5. The first-order valence-corrected chi connectivity index (χ1v) is 13.6. The van der Waals surface area contributed by atoms with Crippen LogP contribution in [0, 0.1) is 5.82 Å². The fourth-order valence-corrected chi connectivity index (χ4v) is 6.93. The molecule has 0 spiro atoms. The molecule has 182 valence electrons. The predicted molar refractivity (Wildman–Crippen MR) is 130 cm³/mol. The number of carbonyl (C=O) groups excluding carboxylic acids is 1. The molecule has 1 aromatic heterocycles. The van der Waals surface area contributed by atoms with Gasteiger partial charge in [0.15, 0.2) is 4.80 Å². The summed E-state index contributed by atoms with van der Waals surface area (Å²) in [5.41, 5.74) is 0.649. The Labute approximate surface area is 202 Å². The van der Waals surface area contributed by atoms with Gasteiger partial charge in [0.2, 0.25) is 10.0 Å². The Morgan fingerprint density at radius 1 is 1.21 bits per heavy atom. The van der Waals surface area contributed by atoms with E-state index in [1.54, 1.807) is 16.7 Å². The number of carbonyl (C=O) groups is 1. The van der Waals surface area contributed by atoms with Gasteiger partial charge in [0.25, 0.3) is 5.91 Å². The summed E-state index contributed by atoms with van der Waals surface area (Å²) >= 11 is 1.22. The van der Waals surface area contributed by atoms with Gasteiger partial charge in [0.05, 0.1) is 21.7 Å². The van der Waals surface area contributed by atoms with E-state index in [1.165, 1.54) is 46.0 Å². The lowest BCUT2D eigenvalue weighted by molar-refractivity contribution is 0.0996. The molecule has 1 unspecified atom stereocenters. The lowest BCUT2D eigenvalue weighted by Crippen LogP contribution is -2.41. The van der Waals surface area contributed by atoms with Crippen LogP contribution in [0.15, 0.2) is 52.4 Å². The van der Waals surface area contributed by atoms with Crippen LogP contribution in [0.2, 0.25) is 0 Å². The molecule has 1 fully saturated rings. The summed E-state index contributed by atoms with van der Waals surface area (Å²) < 4.78 is 49.9. The van der Waals surface area contributed by atoms with Crippen LogP contribution in [0.1, 0.15) is 43.5 Å². The second kappa shape index (κ2) is 10.5. The number of halogens is 1. The van der Waals surface area contributed by atoms with Gasteiger partial charge in [0.1, 0.15) is 5.82 Å². The van der Waals surface area contributed by atoms with Crippen molar-refractivity contribution in [2.24, 2.45) is 4.99 Å². The second-order valence-corrected chi connectivity index (χ2v) is 11.1. The van der Waals surface area contributed by atoms with E-state index >= 15 is 0 Å². The molecule has 0 N–H and O–H groups in total. The normalized spacial score (nSPS) is 18.0. The van der Waals surface area contributed by atoms with Crippen molar-refractivity contribution in [1.82, 2.24) is 8.87 Å². The van der Waals surface area contributed by atoms with Crippen molar-refractivity contribution in [2.75, 3.05) is 19.8 Å².